The van der Waals surface area contributed by atoms with Crippen LogP contribution in [-0.2, 0) is 0 Å². The molecule has 0 atom stereocenters. The third-order valence-electron chi connectivity index (χ3n) is 2.85. The molecule has 1 aromatic carbocycles. The summed E-state index contributed by atoms with van der Waals surface area (Å²) in [5, 5.41) is 0. The number of pyridine rings is 1. The van der Waals surface area contributed by atoms with Crippen LogP contribution in [0.3, 0.4) is 0 Å². The molecule has 98 valence electrons. The molecule has 0 aliphatic rings. The number of rotatable bonds is 4. The van der Waals surface area contributed by atoms with E-state index in [2.05, 4.69) is 4.98 Å². The summed E-state index contributed by atoms with van der Waals surface area (Å²) in [4.78, 5) is 15.8. The molecule has 0 N–H and O–H groups in total. The van der Waals surface area contributed by atoms with Gasteiger partial charge in [-0.2, -0.15) is 0 Å². The lowest BCUT2D eigenvalue weighted by molar-refractivity contribution is 0.101. The standard InChI is InChI=1S/C15H15NO3/c1-10(17)13-9-11(6-7-14(13)18-2)12-5-4-8-16-15(12)19-3/h4-9H,1-3H3. The summed E-state index contributed by atoms with van der Waals surface area (Å²) in [6.07, 6.45) is 1.66. The number of hydrogen-bond acceptors (Lipinski definition) is 4. The molecule has 0 aliphatic carbocycles. The number of nitrogens with zero attached hydrogens (tertiary/aromatic N) is 1. The number of ketones is 1. The predicted octanol–water partition coefficient (Wildman–Crippen LogP) is 2.97. The molecule has 0 saturated heterocycles. The molecular formula is C15H15NO3. The average Bonchev–Trinajstić information content (AvgIpc) is 2.46. The molecule has 0 aliphatic heterocycles. The first-order valence-corrected chi connectivity index (χ1v) is 5.85. The van der Waals surface area contributed by atoms with Gasteiger partial charge in [0.15, 0.2) is 5.78 Å². The normalized spacial score (nSPS) is 10.1. The quantitative estimate of drug-likeness (QED) is 0.790. The zero-order valence-corrected chi connectivity index (χ0v) is 11.1. The number of hydrogen-bond donors (Lipinski definition) is 0. The van der Waals surface area contributed by atoms with Crippen molar-refractivity contribution < 1.29 is 14.3 Å². The fourth-order valence-electron chi connectivity index (χ4n) is 1.92. The lowest BCUT2D eigenvalue weighted by Crippen LogP contribution is -1.98. The van der Waals surface area contributed by atoms with Gasteiger partial charge < -0.3 is 9.47 Å². The molecule has 0 bridgehead atoms. The van der Waals surface area contributed by atoms with E-state index in [4.69, 9.17) is 9.47 Å². The van der Waals surface area contributed by atoms with Crippen LogP contribution in [0.5, 0.6) is 11.6 Å². The summed E-state index contributed by atoms with van der Waals surface area (Å²) in [7, 11) is 3.12. The van der Waals surface area contributed by atoms with Gasteiger partial charge in [-0.25, -0.2) is 4.98 Å². The lowest BCUT2D eigenvalue weighted by atomic mass is 10.0. The Morgan fingerprint density at radius 2 is 1.95 bits per heavy atom. The van der Waals surface area contributed by atoms with Crippen LogP contribution >= 0.6 is 0 Å². The minimum atomic E-state index is -0.0402. The fraction of sp³-hybridized carbons (Fsp3) is 0.200. The maximum Gasteiger partial charge on any atom is 0.221 e. The van der Waals surface area contributed by atoms with Crippen molar-refractivity contribution >= 4 is 5.78 Å². The Bertz CT molecular complexity index is 608. The highest BCUT2D eigenvalue weighted by Gasteiger charge is 2.12. The van der Waals surface area contributed by atoms with Crippen LogP contribution in [-0.4, -0.2) is 25.0 Å². The lowest BCUT2D eigenvalue weighted by Gasteiger charge is -2.10. The summed E-state index contributed by atoms with van der Waals surface area (Å²) in [5.41, 5.74) is 2.26. The van der Waals surface area contributed by atoms with E-state index in [0.29, 0.717) is 17.2 Å². The highest BCUT2D eigenvalue weighted by atomic mass is 16.5. The first kappa shape index (κ1) is 13.1. The number of carbonyl (C=O) groups excluding carboxylic acids is 1. The Hall–Kier alpha value is -2.36. The van der Waals surface area contributed by atoms with Crippen LogP contribution in [0.15, 0.2) is 36.5 Å². The molecule has 0 spiro atoms. The minimum Gasteiger partial charge on any atom is -0.496 e. The van der Waals surface area contributed by atoms with Gasteiger partial charge in [0.05, 0.1) is 19.8 Å². The van der Waals surface area contributed by atoms with Crippen LogP contribution in [0.25, 0.3) is 11.1 Å². The molecule has 2 rings (SSSR count). The number of Topliss-reactive ketones (excluding diaryl/α,β-unsaturated/α-hetero) is 1. The van der Waals surface area contributed by atoms with Gasteiger partial charge in [0.25, 0.3) is 0 Å². The highest BCUT2D eigenvalue weighted by Crippen LogP contribution is 2.31. The number of aromatic nitrogens is 1. The van der Waals surface area contributed by atoms with Crippen molar-refractivity contribution in [1.82, 2.24) is 4.98 Å². The minimum absolute atomic E-state index is 0.0402. The van der Waals surface area contributed by atoms with Crippen molar-refractivity contribution in [2.75, 3.05) is 14.2 Å². The van der Waals surface area contributed by atoms with E-state index in [0.717, 1.165) is 11.1 Å². The zero-order valence-electron chi connectivity index (χ0n) is 11.1. The first-order chi connectivity index (χ1) is 9.17. The van der Waals surface area contributed by atoms with E-state index in [1.165, 1.54) is 6.92 Å². The summed E-state index contributed by atoms with van der Waals surface area (Å²) < 4.78 is 10.4. The van der Waals surface area contributed by atoms with Gasteiger partial charge in [0.1, 0.15) is 5.75 Å². The number of ether oxygens (including phenoxy) is 2. The molecule has 4 heteroatoms. The SMILES string of the molecule is COc1ccc(-c2cccnc2OC)cc1C(C)=O. The molecule has 0 fully saturated rings. The van der Waals surface area contributed by atoms with Crippen molar-refractivity contribution in [3.63, 3.8) is 0 Å². The van der Waals surface area contributed by atoms with E-state index in [-0.39, 0.29) is 5.78 Å². The molecule has 0 saturated carbocycles. The van der Waals surface area contributed by atoms with E-state index in [1.54, 1.807) is 32.5 Å². The van der Waals surface area contributed by atoms with Crippen molar-refractivity contribution in [2.24, 2.45) is 0 Å². The second-order valence-corrected chi connectivity index (χ2v) is 4.03. The van der Waals surface area contributed by atoms with E-state index in [1.807, 2.05) is 18.2 Å². The Morgan fingerprint density at radius 3 is 2.58 bits per heavy atom. The maximum absolute atomic E-state index is 11.6. The molecule has 0 amide bonds. The maximum atomic E-state index is 11.6. The second-order valence-electron chi connectivity index (χ2n) is 4.03. The Morgan fingerprint density at radius 1 is 1.16 bits per heavy atom. The third kappa shape index (κ3) is 2.57. The van der Waals surface area contributed by atoms with Gasteiger partial charge in [-0.3, -0.25) is 4.79 Å². The molecule has 0 unspecified atom stereocenters. The monoisotopic (exact) mass is 257 g/mol. The van der Waals surface area contributed by atoms with Crippen LogP contribution in [0.4, 0.5) is 0 Å². The largest absolute Gasteiger partial charge is 0.496 e. The molecule has 1 heterocycles. The van der Waals surface area contributed by atoms with E-state index in [9.17, 15) is 4.79 Å². The van der Waals surface area contributed by atoms with Crippen molar-refractivity contribution in [2.45, 2.75) is 6.92 Å². The molecule has 1 aromatic heterocycles. The van der Waals surface area contributed by atoms with Gasteiger partial charge in [0.2, 0.25) is 5.88 Å². The van der Waals surface area contributed by atoms with E-state index < -0.39 is 0 Å². The van der Waals surface area contributed by atoms with Gasteiger partial charge in [-0.15, -0.1) is 0 Å². The van der Waals surface area contributed by atoms with Crippen molar-refractivity contribution in [3.8, 4) is 22.8 Å². The van der Waals surface area contributed by atoms with Gasteiger partial charge in [0, 0.05) is 11.8 Å². The van der Waals surface area contributed by atoms with Crippen molar-refractivity contribution in [3.05, 3.63) is 42.1 Å². The third-order valence-corrected chi connectivity index (χ3v) is 2.85. The van der Waals surface area contributed by atoms with Gasteiger partial charge >= 0.3 is 0 Å². The first-order valence-electron chi connectivity index (χ1n) is 5.85. The fourth-order valence-corrected chi connectivity index (χ4v) is 1.92. The average molecular weight is 257 g/mol. The molecule has 4 nitrogen and oxygen atoms in total. The number of benzene rings is 1. The molecule has 19 heavy (non-hydrogen) atoms. The van der Waals surface area contributed by atoms with Gasteiger partial charge in [-0.05, 0) is 36.8 Å². The topological polar surface area (TPSA) is 48.4 Å². The Balaban J connectivity index is 2.57. The van der Waals surface area contributed by atoms with Crippen molar-refractivity contribution in [1.29, 1.82) is 0 Å². The molecule has 2 aromatic rings. The molecule has 0 radical (unpaired) electrons. The van der Waals surface area contributed by atoms with Gasteiger partial charge in [-0.1, -0.05) is 6.07 Å². The Labute approximate surface area is 112 Å². The number of methoxy groups -OCH3 is 2. The Kier molecular flexibility index (Phi) is 3.80. The van der Waals surface area contributed by atoms with Crippen LogP contribution in [0, 0.1) is 0 Å². The van der Waals surface area contributed by atoms with Crippen LogP contribution in [0.1, 0.15) is 17.3 Å². The molecular weight excluding hydrogens is 242 g/mol. The van der Waals surface area contributed by atoms with Crippen LogP contribution in [0.2, 0.25) is 0 Å². The summed E-state index contributed by atoms with van der Waals surface area (Å²) in [6.45, 7) is 1.52. The summed E-state index contributed by atoms with van der Waals surface area (Å²) in [5.74, 6) is 1.06. The summed E-state index contributed by atoms with van der Waals surface area (Å²) in [6, 6.07) is 9.18. The smallest absolute Gasteiger partial charge is 0.221 e. The van der Waals surface area contributed by atoms with Crippen LogP contribution < -0.4 is 9.47 Å². The predicted molar refractivity (Wildman–Crippen MR) is 72.8 cm³/mol. The number of carbonyl (C=O) groups is 1. The van der Waals surface area contributed by atoms with E-state index >= 15 is 0 Å². The summed E-state index contributed by atoms with van der Waals surface area (Å²) >= 11 is 0. The second kappa shape index (κ2) is 5.52. The highest BCUT2D eigenvalue weighted by molar-refractivity contribution is 5.98. The zero-order chi connectivity index (χ0) is 13.8.